The van der Waals surface area contributed by atoms with Gasteiger partial charge < -0.3 is 49.5 Å². The van der Waals surface area contributed by atoms with E-state index in [-0.39, 0.29) is 44.1 Å². The predicted octanol–water partition coefficient (Wildman–Crippen LogP) is 15.0. The molecule has 0 aliphatic heterocycles. The van der Waals surface area contributed by atoms with Crippen LogP contribution < -0.4 is 25.8 Å². The molecular weight excluding hydrogens is 1030 g/mol. The van der Waals surface area contributed by atoms with Crippen LogP contribution in [-0.2, 0) is 14.3 Å². The van der Waals surface area contributed by atoms with Crippen LogP contribution in [0, 0.1) is 17.8 Å². The highest BCUT2D eigenvalue weighted by Gasteiger charge is 2.33. The first kappa shape index (κ1) is 66.2. The van der Waals surface area contributed by atoms with Crippen molar-refractivity contribution in [1.29, 1.82) is 0 Å². The lowest BCUT2D eigenvalue weighted by atomic mass is 9.85. The van der Waals surface area contributed by atoms with Gasteiger partial charge in [0.25, 0.3) is 0 Å². The van der Waals surface area contributed by atoms with Gasteiger partial charge in [-0.3, -0.25) is 0 Å². The van der Waals surface area contributed by atoms with E-state index in [2.05, 4.69) is 40.4 Å². The van der Waals surface area contributed by atoms with Gasteiger partial charge in [-0.1, -0.05) is 121 Å². The number of aliphatic carboxylic acids is 1. The Balaban J connectivity index is 0.000000314. The van der Waals surface area contributed by atoms with E-state index in [4.69, 9.17) is 24.3 Å². The molecule has 3 aliphatic rings. The van der Waals surface area contributed by atoms with Crippen molar-refractivity contribution in [3.63, 3.8) is 0 Å². The molecule has 0 radical (unpaired) electrons. The van der Waals surface area contributed by atoms with Crippen LogP contribution in [0.1, 0.15) is 196 Å². The van der Waals surface area contributed by atoms with Crippen molar-refractivity contribution in [2.24, 2.45) is 23.5 Å². The molecule has 78 heavy (non-hydrogen) atoms. The van der Waals surface area contributed by atoms with E-state index in [0.717, 1.165) is 57.8 Å². The van der Waals surface area contributed by atoms with Gasteiger partial charge in [-0.05, 0) is 127 Å². The second kappa shape index (κ2) is 30.3. The summed E-state index contributed by atoms with van der Waals surface area (Å²) in [5.41, 5.74) is 5.90. The molecule has 3 saturated carbocycles. The first-order valence-electron chi connectivity index (χ1n) is 26.0. The van der Waals surface area contributed by atoms with Crippen LogP contribution >= 0.6 is 0 Å². The minimum atomic E-state index is -4.76. The molecule has 0 unspecified atom stereocenters. The number of alkyl carbamates (subject to hydrolysis) is 2. The third-order valence-electron chi connectivity index (χ3n) is 12.8. The van der Waals surface area contributed by atoms with Gasteiger partial charge in [-0.2, -0.15) is 9.97 Å². The number of hydrogen-bond acceptors (Lipinski definition) is 14. The number of halogens is 6. The molecule has 2 aromatic carbocycles. The van der Waals surface area contributed by atoms with Crippen molar-refractivity contribution in [3.05, 3.63) is 60.3 Å². The summed E-state index contributed by atoms with van der Waals surface area (Å²) in [7, 11) is 0. The first-order valence-corrected chi connectivity index (χ1v) is 26.0. The summed E-state index contributed by atoms with van der Waals surface area (Å²) in [6, 6.07) is 8.79. The number of rotatable bonds is 15. The van der Waals surface area contributed by atoms with Gasteiger partial charge in [0.05, 0.1) is 6.04 Å². The fourth-order valence-electron chi connectivity index (χ4n) is 9.35. The Morgan fingerprint density at radius 1 is 0.577 bits per heavy atom. The summed E-state index contributed by atoms with van der Waals surface area (Å²) in [4.78, 5) is 43.9. The van der Waals surface area contributed by atoms with Crippen LogP contribution in [0.4, 0.5) is 35.9 Å². The number of nitrogens with zero attached hydrogens (tertiary/aromatic N) is 4. The highest BCUT2D eigenvalue weighted by atomic mass is 19.4. The van der Waals surface area contributed by atoms with Gasteiger partial charge in [0.1, 0.15) is 34.8 Å². The lowest BCUT2D eigenvalue weighted by molar-refractivity contribution is -0.275. The summed E-state index contributed by atoms with van der Waals surface area (Å²) in [6.45, 7) is 10.6. The monoisotopic (exact) mass is 1110 g/mol. The molecule has 17 nitrogen and oxygen atoms in total. The number of alkyl halides is 6. The number of aromatic nitrogens is 4. The zero-order valence-corrected chi connectivity index (χ0v) is 44.1. The number of carbonyl (C=O) groups is 3. The van der Waals surface area contributed by atoms with Crippen LogP contribution in [-0.4, -0.2) is 73.5 Å². The van der Waals surface area contributed by atoms with Crippen molar-refractivity contribution < 1.29 is 73.8 Å². The van der Waals surface area contributed by atoms with E-state index in [1.165, 1.54) is 93.5 Å². The molecule has 0 bridgehead atoms. The molecule has 0 saturated heterocycles. The highest BCUT2D eigenvalue weighted by molar-refractivity contribution is 5.80. The smallest absolute Gasteiger partial charge is 0.480 e. The predicted molar refractivity (Wildman–Crippen MR) is 280 cm³/mol. The quantitative estimate of drug-likeness (QED) is 0.0810. The summed E-state index contributed by atoms with van der Waals surface area (Å²) in [5, 5.41) is 22.3. The van der Waals surface area contributed by atoms with Gasteiger partial charge in [0, 0.05) is 11.1 Å². The summed E-state index contributed by atoms with van der Waals surface area (Å²) >= 11 is 0. The second-order valence-corrected chi connectivity index (χ2v) is 21.6. The normalized spacial score (nSPS) is 16.9. The fraction of sp³-hybridized carbons (Fsp3) is 0.655. The molecule has 23 heteroatoms. The van der Waals surface area contributed by atoms with E-state index >= 15 is 0 Å². The van der Waals surface area contributed by atoms with Gasteiger partial charge in [-0.15, -0.1) is 26.3 Å². The van der Waals surface area contributed by atoms with Crippen LogP contribution in [0.15, 0.2) is 57.6 Å². The Morgan fingerprint density at radius 3 is 1.32 bits per heavy atom. The molecule has 2 amide bonds. The summed E-state index contributed by atoms with van der Waals surface area (Å²) < 4.78 is 102. The van der Waals surface area contributed by atoms with E-state index in [0.29, 0.717) is 53.4 Å². The SMILES string of the molecule is C.C.CC(C)(C)OC(=O)N[C@H](CC1CCCCC1)C(=O)O.CC(C)(C)OC(=O)N[C@H](CC1CCCCC1)c1nc(-c2ccc(OC(F)(F)F)cc2)no1.N[C@H](CC1CCCCC1)c1nc(-c2ccc(OC(F)(F)F)cc2)no1. The number of carboxylic acid groups (broad SMARTS) is 1. The molecule has 3 fully saturated rings. The van der Waals surface area contributed by atoms with E-state index in [9.17, 15) is 45.8 Å². The number of amides is 2. The van der Waals surface area contributed by atoms with Crippen molar-refractivity contribution in [1.82, 2.24) is 30.9 Å². The average molecular weight is 1110 g/mol. The zero-order chi connectivity index (χ0) is 55.7. The van der Waals surface area contributed by atoms with Gasteiger partial charge in [0.15, 0.2) is 0 Å². The third-order valence-corrected chi connectivity index (χ3v) is 12.8. The van der Waals surface area contributed by atoms with Gasteiger partial charge in [0.2, 0.25) is 23.4 Å². The van der Waals surface area contributed by atoms with E-state index in [1.807, 2.05) is 0 Å². The Bertz CT molecular complexity index is 2390. The number of nitrogens with one attached hydrogen (secondary N) is 2. The average Bonchev–Trinajstić information content (AvgIpc) is 4.03. The number of ether oxygens (including phenoxy) is 4. The lowest BCUT2D eigenvalue weighted by Crippen LogP contribution is -2.44. The fourth-order valence-corrected chi connectivity index (χ4v) is 9.35. The molecule has 3 atom stereocenters. The number of carboxylic acids is 1. The standard InChI is InChI=1S/C22H28F3N3O4.C17H20F3N3O2.C14H25NO4.2CH4/c1-21(2,3)31-20(29)26-17(13-14-7-5-4-6-8-14)19-27-18(28-32-19)15-9-11-16(12-10-15)30-22(23,24)25;18-17(19,20)24-13-8-6-12(7-9-13)15-22-16(25-23-15)14(21)10-11-4-2-1-3-5-11;1-14(2,3)19-13(18)15-11(12(16)17)9-10-7-5-4-6-8-10;;/h9-12,14,17H,4-8,13H2,1-3H3,(H,26,29);6-9,11,14H,1-5,10,21H2;10-11H,4-9H2,1-3H3,(H,15,18)(H,16,17);2*1H4/t17-;14-;11-;;/m111../s1. The topological polar surface area (TPSA) is 236 Å². The van der Waals surface area contributed by atoms with Crippen LogP contribution in [0.2, 0.25) is 0 Å². The Labute approximate surface area is 453 Å². The number of hydrogen-bond donors (Lipinski definition) is 4. The third kappa shape index (κ3) is 24.7. The Morgan fingerprint density at radius 2 is 0.936 bits per heavy atom. The zero-order valence-electron chi connectivity index (χ0n) is 44.1. The second-order valence-electron chi connectivity index (χ2n) is 21.6. The van der Waals surface area contributed by atoms with E-state index in [1.54, 1.807) is 41.5 Å². The largest absolute Gasteiger partial charge is 0.573 e. The minimum Gasteiger partial charge on any atom is -0.480 e. The lowest BCUT2D eigenvalue weighted by Gasteiger charge is -2.26. The summed E-state index contributed by atoms with van der Waals surface area (Å²) in [6.07, 6.45) is 8.61. The van der Waals surface area contributed by atoms with Crippen molar-refractivity contribution in [2.75, 3.05) is 0 Å². The maximum absolute atomic E-state index is 12.4. The van der Waals surface area contributed by atoms with Crippen LogP contribution in [0.5, 0.6) is 11.5 Å². The van der Waals surface area contributed by atoms with Gasteiger partial charge in [-0.25, -0.2) is 14.4 Å². The molecule has 5 N–H and O–H groups in total. The van der Waals surface area contributed by atoms with Crippen LogP contribution in [0.3, 0.4) is 0 Å². The van der Waals surface area contributed by atoms with E-state index < -0.39 is 54.2 Å². The molecule has 4 aromatic rings. The van der Waals surface area contributed by atoms with Crippen molar-refractivity contribution in [2.45, 2.75) is 214 Å². The van der Waals surface area contributed by atoms with Crippen molar-refractivity contribution in [3.8, 4) is 34.3 Å². The first-order chi connectivity index (χ1) is 35.7. The Kier molecular flexibility index (Phi) is 25.7. The molecule has 2 aromatic heterocycles. The maximum atomic E-state index is 12.4. The number of carbonyl (C=O) groups excluding carboxylic acids is 2. The highest BCUT2D eigenvalue weighted by Crippen LogP contribution is 2.35. The van der Waals surface area contributed by atoms with Crippen molar-refractivity contribution >= 4 is 18.2 Å². The summed E-state index contributed by atoms with van der Waals surface area (Å²) in [5.74, 6) is 0.853. The molecule has 2 heterocycles. The maximum Gasteiger partial charge on any atom is 0.573 e. The van der Waals surface area contributed by atoms with Crippen LogP contribution in [0.25, 0.3) is 22.8 Å². The molecule has 7 rings (SSSR count). The number of nitrogens with two attached hydrogens (primary N) is 1. The number of benzene rings is 2. The molecular formula is C55H81F6N7O10. The Hall–Kier alpha value is -6.13. The van der Waals surface area contributed by atoms with Gasteiger partial charge >= 0.3 is 30.9 Å². The minimum absolute atomic E-state index is 0. The molecule has 438 valence electrons. The molecule has 3 aliphatic carbocycles. The molecule has 0 spiro atoms.